The zero-order valence-corrected chi connectivity index (χ0v) is 18.0. The van der Waals surface area contributed by atoms with Crippen LogP contribution in [-0.4, -0.2) is 38.6 Å². The number of rotatable bonds is 7. The number of benzene rings is 1. The number of thiophene rings is 1. The van der Waals surface area contributed by atoms with E-state index in [-0.39, 0.29) is 5.95 Å². The van der Waals surface area contributed by atoms with Crippen molar-refractivity contribution < 1.29 is 8.95 Å². The smallest absolute Gasteiger partial charge is 0.219 e. The predicted octanol–water partition coefficient (Wildman–Crippen LogP) is 3.73. The van der Waals surface area contributed by atoms with Crippen molar-refractivity contribution in [3.8, 4) is 22.4 Å². The Balaban J connectivity index is 1.89. The lowest BCUT2D eigenvalue weighted by atomic mass is 10.0. The summed E-state index contributed by atoms with van der Waals surface area (Å²) < 4.78 is 18.6. The molecule has 4 aromatic rings. The molecule has 0 bridgehead atoms. The molecule has 154 valence electrons. The average molecular weight is 440 g/mol. The van der Waals surface area contributed by atoms with Gasteiger partial charge in [-0.05, 0) is 23.6 Å². The highest BCUT2D eigenvalue weighted by Crippen LogP contribution is 2.42. The van der Waals surface area contributed by atoms with Crippen LogP contribution in [0.15, 0.2) is 53.0 Å². The number of nitrogens with zero attached hydrogens (tertiary/aromatic N) is 3. The van der Waals surface area contributed by atoms with Gasteiger partial charge in [0.15, 0.2) is 0 Å². The van der Waals surface area contributed by atoms with Crippen LogP contribution >= 0.6 is 11.3 Å². The van der Waals surface area contributed by atoms with Gasteiger partial charge in [-0.1, -0.05) is 30.3 Å². The minimum Gasteiger partial charge on any atom is -0.396 e. The molecule has 0 fully saturated rings. The number of pyridine rings is 1. The fraction of sp³-hybridized carbons (Fsp3) is 0.190. The molecule has 0 saturated heterocycles. The first kappa shape index (κ1) is 20.4. The average Bonchev–Trinajstić information content (AvgIpc) is 3.11. The van der Waals surface area contributed by atoms with E-state index >= 15 is 0 Å². The Bertz CT molecular complexity index is 1190. The van der Waals surface area contributed by atoms with Crippen molar-refractivity contribution in [2.45, 2.75) is 10.6 Å². The Morgan fingerprint density at radius 1 is 1.10 bits per heavy atom. The molecule has 0 amide bonds. The monoisotopic (exact) mass is 439 g/mol. The van der Waals surface area contributed by atoms with Gasteiger partial charge in [-0.3, -0.25) is 4.21 Å². The van der Waals surface area contributed by atoms with Crippen LogP contribution < -0.4 is 11.5 Å². The van der Waals surface area contributed by atoms with E-state index in [0.29, 0.717) is 34.4 Å². The third-order valence-corrected chi connectivity index (χ3v) is 7.60. The van der Waals surface area contributed by atoms with Gasteiger partial charge in [0.25, 0.3) is 0 Å². The standard InChI is InChI=1S/C21H21N5O2S2/c1-28-8-5-9-30(27)20-18(22)17-15(13-6-3-2-4-7-13)10-16(26-19(17)29-20)14-11-24-21(23)25-12-14/h2-4,6-7,10-12H,5,8-9,22H2,1H3,(H2,23,24,25)/t30-/m1/s1. The van der Waals surface area contributed by atoms with Crippen molar-refractivity contribution in [1.29, 1.82) is 0 Å². The van der Waals surface area contributed by atoms with Crippen LogP contribution in [0.5, 0.6) is 0 Å². The number of ether oxygens (including phenoxy) is 1. The second-order valence-electron chi connectivity index (χ2n) is 6.63. The summed E-state index contributed by atoms with van der Waals surface area (Å²) in [5.74, 6) is 0.696. The number of methoxy groups -OCH3 is 1. The summed E-state index contributed by atoms with van der Waals surface area (Å²) in [4.78, 5) is 13.7. The van der Waals surface area contributed by atoms with Crippen molar-refractivity contribution in [3.63, 3.8) is 0 Å². The van der Waals surface area contributed by atoms with E-state index in [1.165, 1.54) is 11.3 Å². The number of hydrogen-bond acceptors (Lipinski definition) is 8. The lowest BCUT2D eigenvalue weighted by Crippen LogP contribution is -2.02. The van der Waals surface area contributed by atoms with E-state index in [1.807, 2.05) is 36.4 Å². The van der Waals surface area contributed by atoms with Gasteiger partial charge in [0.1, 0.15) is 9.04 Å². The molecule has 0 aliphatic rings. The van der Waals surface area contributed by atoms with Crippen LogP contribution in [-0.2, 0) is 15.5 Å². The van der Waals surface area contributed by atoms with Gasteiger partial charge in [-0.2, -0.15) is 0 Å². The molecule has 9 heteroatoms. The summed E-state index contributed by atoms with van der Waals surface area (Å²) in [7, 11) is 0.418. The van der Waals surface area contributed by atoms with Gasteiger partial charge in [-0.15, -0.1) is 11.3 Å². The fourth-order valence-electron chi connectivity index (χ4n) is 3.16. The molecule has 0 saturated carbocycles. The highest BCUT2D eigenvalue weighted by atomic mass is 32.2. The van der Waals surface area contributed by atoms with Crippen molar-refractivity contribution >= 4 is 44.0 Å². The summed E-state index contributed by atoms with van der Waals surface area (Å²) in [6.07, 6.45) is 3.99. The van der Waals surface area contributed by atoms with Gasteiger partial charge >= 0.3 is 0 Å². The number of hydrogen-bond donors (Lipinski definition) is 2. The lowest BCUT2D eigenvalue weighted by molar-refractivity contribution is 0.200. The Morgan fingerprint density at radius 2 is 1.83 bits per heavy atom. The molecule has 0 spiro atoms. The van der Waals surface area contributed by atoms with Crippen LogP contribution in [0.4, 0.5) is 11.6 Å². The number of anilines is 2. The van der Waals surface area contributed by atoms with Crippen LogP contribution in [0, 0.1) is 0 Å². The second-order valence-corrected chi connectivity index (χ2v) is 9.40. The van der Waals surface area contributed by atoms with Gasteiger partial charge in [0.2, 0.25) is 5.95 Å². The molecule has 3 aromatic heterocycles. The zero-order chi connectivity index (χ0) is 21.1. The van der Waals surface area contributed by atoms with Gasteiger partial charge in [-0.25, -0.2) is 15.0 Å². The first-order valence-electron chi connectivity index (χ1n) is 9.32. The summed E-state index contributed by atoms with van der Waals surface area (Å²) in [6, 6.07) is 11.9. The number of aromatic nitrogens is 3. The van der Waals surface area contributed by atoms with Gasteiger partial charge in [0, 0.05) is 42.8 Å². The lowest BCUT2D eigenvalue weighted by Gasteiger charge is -2.08. The van der Waals surface area contributed by atoms with Crippen LogP contribution in [0.25, 0.3) is 32.6 Å². The number of nitrogen functional groups attached to an aromatic ring is 2. The van der Waals surface area contributed by atoms with E-state index in [0.717, 1.165) is 26.9 Å². The maximum absolute atomic E-state index is 12.9. The molecular formula is C21H21N5O2S2. The highest BCUT2D eigenvalue weighted by molar-refractivity contribution is 7.87. The topological polar surface area (TPSA) is 117 Å². The minimum atomic E-state index is -1.22. The van der Waals surface area contributed by atoms with Crippen molar-refractivity contribution in [2.75, 3.05) is 30.9 Å². The first-order chi connectivity index (χ1) is 14.6. The molecule has 4 N–H and O–H groups in total. The summed E-state index contributed by atoms with van der Waals surface area (Å²) in [6.45, 7) is 0.561. The molecule has 1 atom stereocenters. The summed E-state index contributed by atoms with van der Waals surface area (Å²) in [5, 5.41) is 0.821. The maximum Gasteiger partial charge on any atom is 0.219 e. The molecule has 0 radical (unpaired) electrons. The second kappa shape index (κ2) is 8.86. The molecule has 3 heterocycles. The molecule has 0 unspecified atom stereocenters. The maximum atomic E-state index is 12.9. The molecule has 0 aliphatic carbocycles. The summed E-state index contributed by atoms with van der Waals surface area (Å²) in [5.41, 5.74) is 16.0. The normalized spacial score (nSPS) is 12.3. The van der Waals surface area contributed by atoms with Crippen molar-refractivity contribution in [1.82, 2.24) is 15.0 Å². The van der Waals surface area contributed by atoms with Gasteiger partial charge in [0.05, 0.1) is 22.2 Å². The SMILES string of the molecule is COCCC[S@@](=O)c1sc2nc(-c3cnc(N)nc3)cc(-c3ccccc3)c2c1N. The molecule has 0 aliphatic heterocycles. The first-order valence-corrected chi connectivity index (χ1v) is 11.5. The Morgan fingerprint density at radius 3 is 2.53 bits per heavy atom. The van der Waals surface area contributed by atoms with Gasteiger partial charge < -0.3 is 16.2 Å². The van der Waals surface area contributed by atoms with Crippen LogP contribution in [0.3, 0.4) is 0 Å². The predicted molar refractivity (Wildman–Crippen MR) is 123 cm³/mol. The third-order valence-electron chi connectivity index (χ3n) is 4.60. The summed E-state index contributed by atoms with van der Waals surface area (Å²) >= 11 is 1.37. The Hall–Kier alpha value is -2.88. The molecule has 30 heavy (non-hydrogen) atoms. The third kappa shape index (κ3) is 4.04. The Labute approximate surface area is 180 Å². The molecule has 1 aromatic carbocycles. The van der Waals surface area contributed by atoms with Crippen LogP contribution in [0.2, 0.25) is 0 Å². The minimum absolute atomic E-state index is 0.206. The molecular weight excluding hydrogens is 418 g/mol. The van der Waals surface area contributed by atoms with Crippen molar-refractivity contribution in [3.05, 3.63) is 48.8 Å². The van der Waals surface area contributed by atoms with Crippen molar-refractivity contribution in [2.24, 2.45) is 0 Å². The van der Waals surface area contributed by atoms with E-state index in [2.05, 4.69) is 9.97 Å². The highest BCUT2D eigenvalue weighted by Gasteiger charge is 2.21. The largest absolute Gasteiger partial charge is 0.396 e. The molecule has 4 rings (SSSR count). The number of nitrogens with two attached hydrogens (primary N) is 2. The fourth-order valence-corrected chi connectivity index (χ4v) is 5.79. The van der Waals surface area contributed by atoms with E-state index in [1.54, 1.807) is 19.5 Å². The van der Waals surface area contributed by atoms with Crippen LogP contribution in [0.1, 0.15) is 6.42 Å². The molecule has 7 nitrogen and oxygen atoms in total. The van der Waals surface area contributed by atoms with E-state index < -0.39 is 10.8 Å². The van der Waals surface area contributed by atoms with E-state index in [4.69, 9.17) is 21.2 Å². The number of fused-ring (bicyclic) bond motifs is 1. The van der Waals surface area contributed by atoms with E-state index in [9.17, 15) is 4.21 Å². The zero-order valence-electron chi connectivity index (χ0n) is 16.4. The quantitative estimate of drug-likeness (QED) is 0.421. The Kier molecular flexibility index (Phi) is 6.03.